The second-order valence-corrected chi connectivity index (χ2v) is 7.77. The second-order valence-electron chi connectivity index (χ2n) is 5.80. The number of hydrogen-bond donors (Lipinski definition) is 2. The summed E-state index contributed by atoms with van der Waals surface area (Å²) in [7, 11) is -2.03. The highest BCUT2D eigenvalue weighted by molar-refractivity contribution is 7.89. The Morgan fingerprint density at radius 1 is 1.52 bits per heavy atom. The molecular weight excluding hydrogens is 368 g/mol. The van der Waals surface area contributed by atoms with Crippen LogP contribution in [0.25, 0.3) is 0 Å². The molecular formula is C15H23ClN4O4S. The van der Waals surface area contributed by atoms with Crippen molar-refractivity contribution in [3.05, 3.63) is 23.2 Å². The predicted octanol–water partition coefficient (Wildman–Crippen LogP) is 1.17. The van der Waals surface area contributed by atoms with Gasteiger partial charge >= 0.3 is 6.03 Å². The van der Waals surface area contributed by atoms with Gasteiger partial charge in [-0.25, -0.2) is 18.4 Å². The quantitative estimate of drug-likeness (QED) is 0.785. The number of rotatable bonds is 5. The van der Waals surface area contributed by atoms with E-state index in [9.17, 15) is 13.2 Å². The fraction of sp³-hybridized carbons (Fsp3) is 0.533. The van der Waals surface area contributed by atoms with E-state index < -0.39 is 10.0 Å². The number of anilines is 1. The zero-order valence-corrected chi connectivity index (χ0v) is 15.8. The fourth-order valence-electron chi connectivity index (χ4n) is 2.43. The van der Waals surface area contributed by atoms with Crippen LogP contribution in [0.4, 0.5) is 10.5 Å². The molecule has 0 aliphatic carbocycles. The van der Waals surface area contributed by atoms with E-state index in [1.807, 2.05) is 6.92 Å². The van der Waals surface area contributed by atoms with Gasteiger partial charge in [0.15, 0.2) is 0 Å². The summed E-state index contributed by atoms with van der Waals surface area (Å²) in [5, 5.41) is 8.45. The lowest BCUT2D eigenvalue weighted by Gasteiger charge is -2.35. The highest BCUT2D eigenvalue weighted by atomic mass is 35.5. The van der Waals surface area contributed by atoms with Gasteiger partial charge in [-0.15, -0.1) is 0 Å². The number of amides is 2. The highest BCUT2D eigenvalue weighted by Gasteiger charge is 2.25. The number of halogens is 1. The Hall–Kier alpha value is -1.55. The van der Waals surface area contributed by atoms with E-state index in [4.69, 9.17) is 21.5 Å². The van der Waals surface area contributed by atoms with E-state index in [1.54, 1.807) is 22.9 Å². The standard InChI is InChI=1S/C15H23ClN4O4S/c1-3-19(2)15(21)20-6-7-24-11(10-20)9-18-14-5-4-12(8-13(14)16)25(17,22)23/h4-5,8,11,18H,3,6-7,9-10H2,1-2H3,(H2,17,22,23). The lowest BCUT2D eigenvalue weighted by Crippen LogP contribution is -2.51. The van der Waals surface area contributed by atoms with Gasteiger partial charge in [-0.05, 0) is 25.1 Å². The summed E-state index contributed by atoms with van der Waals surface area (Å²) >= 11 is 6.10. The SMILES string of the molecule is CCN(C)C(=O)N1CCOC(CNc2ccc(S(N)(=O)=O)cc2Cl)C1. The third-order valence-electron chi connectivity index (χ3n) is 4.00. The van der Waals surface area contributed by atoms with E-state index in [-0.39, 0.29) is 22.1 Å². The first kappa shape index (κ1) is 19.8. The molecule has 140 valence electrons. The van der Waals surface area contributed by atoms with Crippen LogP contribution in [0.3, 0.4) is 0 Å². The molecule has 0 saturated carbocycles. The number of sulfonamides is 1. The summed E-state index contributed by atoms with van der Waals surface area (Å²) in [5.41, 5.74) is 0.576. The topological polar surface area (TPSA) is 105 Å². The minimum absolute atomic E-state index is 0.0219. The number of morpholine rings is 1. The van der Waals surface area contributed by atoms with Crippen LogP contribution in [0.1, 0.15) is 6.92 Å². The normalized spacial score (nSPS) is 18.1. The van der Waals surface area contributed by atoms with Gasteiger partial charge in [-0.1, -0.05) is 11.6 Å². The molecule has 25 heavy (non-hydrogen) atoms. The molecule has 1 fully saturated rings. The lowest BCUT2D eigenvalue weighted by molar-refractivity contribution is -0.0108. The molecule has 0 aromatic heterocycles. The first-order valence-corrected chi connectivity index (χ1v) is 9.82. The third-order valence-corrected chi connectivity index (χ3v) is 5.22. The van der Waals surface area contributed by atoms with Crippen molar-refractivity contribution in [3.8, 4) is 0 Å². The van der Waals surface area contributed by atoms with Crippen LogP contribution in [0, 0.1) is 0 Å². The molecule has 1 aliphatic heterocycles. The average molecular weight is 391 g/mol. The Labute approximate surface area is 152 Å². The van der Waals surface area contributed by atoms with Gasteiger partial charge in [0.1, 0.15) is 0 Å². The van der Waals surface area contributed by atoms with Gasteiger partial charge in [-0.2, -0.15) is 0 Å². The molecule has 1 saturated heterocycles. The van der Waals surface area contributed by atoms with Gasteiger partial charge in [-0.3, -0.25) is 0 Å². The number of ether oxygens (including phenoxy) is 1. The van der Waals surface area contributed by atoms with Gasteiger partial charge in [0.2, 0.25) is 10.0 Å². The summed E-state index contributed by atoms with van der Waals surface area (Å²) in [6, 6.07) is 4.22. The lowest BCUT2D eigenvalue weighted by atomic mass is 10.2. The molecule has 10 heteroatoms. The smallest absolute Gasteiger partial charge is 0.319 e. The number of nitrogens with one attached hydrogen (secondary N) is 1. The first-order chi connectivity index (χ1) is 11.7. The molecule has 0 bridgehead atoms. The Morgan fingerprint density at radius 2 is 2.24 bits per heavy atom. The average Bonchev–Trinajstić information content (AvgIpc) is 2.58. The monoisotopic (exact) mass is 390 g/mol. The van der Waals surface area contributed by atoms with Crippen molar-refractivity contribution < 1.29 is 17.9 Å². The number of hydrogen-bond acceptors (Lipinski definition) is 5. The van der Waals surface area contributed by atoms with Crippen LogP contribution in [0.2, 0.25) is 5.02 Å². The van der Waals surface area contributed by atoms with Gasteiger partial charge < -0.3 is 19.9 Å². The molecule has 1 aromatic carbocycles. The number of nitrogens with zero attached hydrogens (tertiary/aromatic N) is 2. The van der Waals surface area contributed by atoms with Gasteiger partial charge in [0.25, 0.3) is 0 Å². The molecule has 1 aromatic rings. The number of carbonyl (C=O) groups excluding carboxylic acids is 1. The Bertz CT molecular complexity index is 728. The van der Waals surface area contributed by atoms with Crippen molar-refractivity contribution in [2.45, 2.75) is 17.9 Å². The minimum Gasteiger partial charge on any atom is -0.381 e. The van der Waals surface area contributed by atoms with Crippen molar-refractivity contribution >= 4 is 33.3 Å². The number of urea groups is 1. The van der Waals surface area contributed by atoms with Crippen molar-refractivity contribution in [1.82, 2.24) is 9.80 Å². The molecule has 2 amide bonds. The van der Waals surface area contributed by atoms with Crippen LogP contribution in [0.5, 0.6) is 0 Å². The molecule has 8 nitrogen and oxygen atoms in total. The fourth-order valence-corrected chi connectivity index (χ4v) is 3.29. The molecule has 1 aliphatic rings. The van der Waals surface area contributed by atoms with E-state index in [0.717, 1.165) is 0 Å². The molecule has 1 heterocycles. The molecule has 0 radical (unpaired) electrons. The Morgan fingerprint density at radius 3 is 2.84 bits per heavy atom. The van der Waals surface area contributed by atoms with Crippen molar-refractivity contribution in [3.63, 3.8) is 0 Å². The van der Waals surface area contributed by atoms with E-state index in [0.29, 0.717) is 38.5 Å². The van der Waals surface area contributed by atoms with Crippen molar-refractivity contribution in [2.24, 2.45) is 5.14 Å². The van der Waals surface area contributed by atoms with Crippen molar-refractivity contribution in [2.75, 3.05) is 45.2 Å². The molecule has 2 rings (SSSR count). The van der Waals surface area contributed by atoms with Crippen LogP contribution in [-0.4, -0.2) is 70.2 Å². The molecule has 3 N–H and O–H groups in total. The van der Waals surface area contributed by atoms with Crippen LogP contribution in [-0.2, 0) is 14.8 Å². The largest absolute Gasteiger partial charge is 0.381 e. The Balaban J connectivity index is 1.96. The zero-order chi connectivity index (χ0) is 18.6. The van der Waals surface area contributed by atoms with E-state index in [1.165, 1.54) is 12.1 Å². The molecule has 1 atom stereocenters. The highest BCUT2D eigenvalue weighted by Crippen LogP contribution is 2.25. The zero-order valence-electron chi connectivity index (χ0n) is 14.2. The maximum Gasteiger partial charge on any atom is 0.319 e. The maximum atomic E-state index is 12.2. The maximum absolute atomic E-state index is 12.2. The number of benzene rings is 1. The third kappa shape index (κ3) is 5.21. The predicted molar refractivity (Wildman–Crippen MR) is 96.3 cm³/mol. The number of nitrogens with two attached hydrogens (primary N) is 1. The minimum atomic E-state index is -3.79. The summed E-state index contributed by atoms with van der Waals surface area (Å²) < 4.78 is 28.3. The van der Waals surface area contributed by atoms with Crippen LogP contribution < -0.4 is 10.5 Å². The van der Waals surface area contributed by atoms with Crippen molar-refractivity contribution in [1.29, 1.82) is 0 Å². The Kier molecular flexibility index (Phi) is 6.50. The van der Waals surface area contributed by atoms with E-state index in [2.05, 4.69) is 5.32 Å². The van der Waals surface area contributed by atoms with Gasteiger partial charge in [0.05, 0.1) is 34.9 Å². The summed E-state index contributed by atoms with van der Waals surface area (Å²) in [5.74, 6) is 0. The molecule has 0 spiro atoms. The number of carbonyl (C=O) groups is 1. The van der Waals surface area contributed by atoms with Crippen LogP contribution >= 0.6 is 11.6 Å². The number of primary sulfonamides is 1. The second kappa shape index (κ2) is 8.22. The van der Waals surface area contributed by atoms with Crippen LogP contribution in [0.15, 0.2) is 23.1 Å². The summed E-state index contributed by atoms with van der Waals surface area (Å²) in [6.07, 6.45) is -0.183. The summed E-state index contributed by atoms with van der Waals surface area (Å²) in [6.45, 7) is 4.50. The van der Waals surface area contributed by atoms with E-state index >= 15 is 0 Å². The summed E-state index contributed by atoms with van der Waals surface area (Å²) in [4.78, 5) is 15.6. The first-order valence-electron chi connectivity index (χ1n) is 7.90. The van der Waals surface area contributed by atoms with Gasteiger partial charge in [0, 0.05) is 26.7 Å². The molecule has 1 unspecified atom stereocenters.